The van der Waals surface area contributed by atoms with Gasteiger partial charge in [-0.2, -0.15) is 0 Å². The molecule has 0 radical (unpaired) electrons. The first-order valence-electron chi connectivity index (χ1n) is 6.66. The second-order valence-corrected chi connectivity index (χ2v) is 5.33. The zero-order valence-corrected chi connectivity index (χ0v) is 11.2. The van der Waals surface area contributed by atoms with Crippen molar-refractivity contribution in [2.75, 3.05) is 7.11 Å². The number of nitrogens with two attached hydrogens (primary N) is 1. The minimum atomic E-state index is -0.396. The first-order chi connectivity index (χ1) is 8.59. The van der Waals surface area contributed by atoms with E-state index in [1.54, 1.807) is 13.2 Å². The van der Waals surface area contributed by atoms with Crippen LogP contribution in [-0.4, -0.2) is 12.7 Å². The summed E-state index contributed by atoms with van der Waals surface area (Å²) in [5, 5.41) is 0. The van der Waals surface area contributed by atoms with Crippen LogP contribution in [0, 0.1) is 12.7 Å². The highest BCUT2D eigenvalue weighted by molar-refractivity contribution is 5.29. The van der Waals surface area contributed by atoms with Gasteiger partial charge in [-0.3, -0.25) is 0 Å². The number of halogens is 1. The Labute approximate surface area is 108 Å². The summed E-state index contributed by atoms with van der Waals surface area (Å²) in [6.45, 7) is 1.95. The molecule has 3 heteroatoms. The highest BCUT2D eigenvalue weighted by Crippen LogP contribution is 2.40. The van der Waals surface area contributed by atoms with Gasteiger partial charge in [-0.1, -0.05) is 37.0 Å². The molecule has 0 aromatic heterocycles. The Morgan fingerprint density at radius 3 is 2.56 bits per heavy atom. The molecule has 1 aliphatic rings. The van der Waals surface area contributed by atoms with E-state index >= 15 is 0 Å². The van der Waals surface area contributed by atoms with Crippen LogP contribution in [0.25, 0.3) is 0 Å². The number of hydrogen-bond acceptors (Lipinski definition) is 2. The smallest absolute Gasteiger partial charge is 0.128 e. The molecule has 1 saturated carbocycles. The molecule has 1 aromatic carbocycles. The maximum atomic E-state index is 13.9. The lowest BCUT2D eigenvalue weighted by Gasteiger charge is -2.41. The Hall–Kier alpha value is -0.930. The first-order valence-corrected chi connectivity index (χ1v) is 6.66. The molecule has 2 N–H and O–H groups in total. The molecule has 1 unspecified atom stereocenters. The average molecular weight is 251 g/mol. The topological polar surface area (TPSA) is 35.2 Å². The lowest BCUT2D eigenvalue weighted by molar-refractivity contribution is -0.0602. The molecule has 2 rings (SSSR count). The third-order valence-electron chi connectivity index (χ3n) is 4.16. The van der Waals surface area contributed by atoms with E-state index in [0.717, 1.165) is 31.2 Å². The van der Waals surface area contributed by atoms with E-state index in [0.29, 0.717) is 5.56 Å². The monoisotopic (exact) mass is 251 g/mol. The van der Waals surface area contributed by atoms with Crippen LogP contribution in [0.1, 0.15) is 49.3 Å². The molecule has 18 heavy (non-hydrogen) atoms. The molecule has 1 atom stereocenters. The minimum Gasteiger partial charge on any atom is -0.376 e. The van der Waals surface area contributed by atoms with Gasteiger partial charge in [0.15, 0.2) is 0 Å². The Morgan fingerprint density at radius 1 is 1.28 bits per heavy atom. The van der Waals surface area contributed by atoms with Gasteiger partial charge in [-0.25, -0.2) is 4.39 Å². The van der Waals surface area contributed by atoms with Gasteiger partial charge in [-0.15, -0.1) is 0 Å². The lowest BCUT2D eigenvalue weighted by Crippen LogP contribution is -2.45. The summed E-state index contributed by atoms with van der Waals surface area (Å²) >= 11 is 0. The van der Waals surface area contributed by atoms with Crippen molar-refractivity contribution in [3.8, 4) is 0 Å². The van der Waals surface area contributed by atoms with E-state index in [-0.39, 0.29) is 11.9 Å². The van der Waals surface area contributed by atoms with Gasteiger partial charge in [0.25, 0.3) is 0 Å². The fraction of sp³-hybridized carbons (Fsp3) is 0.600. The quantitative estimate of drug-likeness (QED) is 0.892. The van der Waals surface area contributed by atoms with Crippen LogP contribution in [-0.2, 0) is 4.74 Å². The Morgan fingerprint density at radius 2 is 1.94 bits per heavy atom. The van der Waals surface area contributed by atoms with Crippen molar-refractivity contribution < 1.29 is 9.13 Å². The normalized spacial score (nSPS) is 20.7. The predicted octanol–water partition coefficient (Wildman–Crippen LogP) is 3.48. The van der Waals surface area contributed by atoms with Crippen molar-refractivity contribution in [3.05, 3.63) is 35.1 Å². The van der Waals surface area contributed by atoms with E-state index in [9.17, 15) is 4.39 Å². The van der Waals surface area contributed by atoms with Crippen molar-refractivity contribution in [2.45, 2.75) is 50.7 Å². The first kappa shape index (κ1) is 13.5. The van der Waals surface area contributed by atoms with Gasteiger partial charge in [0.1, 0.15) is 5.82 Å². The molecule has 0 aliphatic heterocycles. The van der Waals surface area contributed by atoms with Crippen LogP contribution >= 0.6 is 0 Å². The predicted molar refractivity (Wildman–Crippen MR) is 70.9 cm³/mol. The molecular formula is C15H22FNO. The van der Waals surface area contributed by atoms with Crippen LogP contribution < -0.4 is 5.73 Å². The van der Waals surface area contributed by atoms with Crippen molar-refractivity contribution in [1.29, 1.82) is 0 Å². The summed E-state index contributed by atoms with van der Waals surface area (Å²) in [6.07, 6.45) is 5.26. The van der Waals surface area contributed by atoms with Crippen molar-refractivity contribution in [3.63, 3.8) is 0 Å². The van der Waals surface area contributed by atoms with E-state index in [2.05, 4.69) is 0 Å². The number of rotatable bonds is 3. The van der Waals surface area contributed by atoms with E-state index in [1.807, 2.05) is 13.0 Å². The van der Waals surface area contributed by atoms with Crippen LogP contribution in [0.4, 0.5) is 4.39 Å². The SMILES string of the molecule is COC1(C(N)c2cc(C)ccc2F)CCCCC1. The molecular weight excluding hydrogens is 229 g/mol. The second-order valence-electron chi connectivity index (χ2n) is 5.33. The van der Waals surface area contributed by atoms with Gasteiger partial charge in [0, 0.05) is 12.7 Å². The summed E-state index contributed by atoms with van der Waals surface area (Å²) in [4.78, 5) is 0. The fourth-order valence-corrected chi connectivity index (χ4v) is 2.98. The summed E-state index contributed by atoms with van der Waals surface area (Å²) in [6, 6.07) is 4.72. The highest BCUT2D eigenvalue weighted by atomic mass is 19.1. The molecule has 100 valence electrons. The van der Waals surface area contributed by atoms with Crippen LogP contribution in [0.5, 0.6) is 0 Å². The summed E-state index contributed by atoms with van der Waals surface area (Å²) in [5.74, 6) is -0.227. The van der Waals surface area contributed by atoms with E-state index in [4.69, 9.17) is 10.5 Å². The van der Waals surface area contributed by atoms with Gasteiger partial charge in [0.05, 0.1) is 11.6 Å². The minimum absolute atomic E-state index is 0.227. The number of hydrogen-bond donors (Lipinski definition) is 1. The van der Waals surface area contributed by atoms with Crippen molar-refractivity contribution in [1.82, 2.24) is 0 Å². The Bertz CT molecular complexity index is 413. The molecule has 0 bridgehead atoms. The van der Waals surface area contributed by atoms with Crippen LogP contribution in [0.15, 0.2) is 18.2 Å². The van der Waals surface area contributed by atoms with E-state index < -0.39 is 5.60 Å². The second kappa shape index (κ2) is 5.37. The number of aryl methyl sites for hydroxylation is 1. The summed E-state index contributed by atoms with van der Waals surface area (Å²) in [7, 11) is 1.69. The fourth-order valence-electron chi connectivity index (χ4n) is 2.98. The zero-order valence-electron chi connectivity index (χ0n) is 11.2. The largest absolute Gasteiger partial charge is 0.376 e. The third kappa shape index (κ3) is 2.43. The van der Waals surface area contributed by atoms with Crippen LogP contribution in [0.3, 0.4) is 0 Å². The van der Waals surface area contributed by atoms with Crippen molar-refractivity contribution >= 4 is 0 Å². The Kier molecular flexibility index (Phi) is 4.03. The molecule has 1 fully saturated rings. The van der Waals surface area contributed by atoms with Crippen LogP contribution in [0.2, 0.25) is 0 Å². The molecule has 0 amide bonds. The Balaban J connectivity index is 2.33. The number of methoxy groups -OCH3 is 1. The van der Waals surface area contributed by atoms with Gasteiger partial charge >= 0.3 is 0 Å². The maximum Gasteiger partial charge on any atom is 0.128 e. The van der Waals surface area contributed by atoms with E-state index in [1.165, 1.54) is 12.5 Å². The van der Waals surface area contributed by atoms with Crippen molar-refractivity contribution in [2.24, 2.45) is 5.73 Å². The lowest BCUT2D eigenvalue weighted by atomic mass is 9.77. The van der Waals surface area contributed by atoms with Gasteiger partial charge in [-0.05, 0) is 25.8 Å². The van der Waals surface area contributed by atoms with Gasteiger partial charge in [0.2, 0.25) is 0 Å². The maximum absolute atomic E-state index is 13.9. The third-order valence-corrected chi connectivity index (χ3v) is 4.16. The molecule has 0 saturated heterocycles. The summed E-state index contributed by atoms with van der Waals surface area (Å²) in [5.41, 5.74) is 7.54. The molecule has 1 aliphatic carbocycles. The molecule has 1 aromatic rings. The standard InChI is InChI=1S/C15H22FNO/c1-11-6-7-13(16)12(10-11)14(17)15(18-2)8-4-3-5-9-15/h6-7,10,14H,3-5,8-9,17H2,1-2H3. The zero-order chi connectivity index (χ0) is 13.2. The molecule has 2 nitrogen and oxygen atoms in total. The average Bonchev–Trinajstić information content (AvgIpc) is 2.41. The highest BCUT2D eigenvalue weighted by Gasteiger charge is 2.39. The summed E-state index contributed by atoms with van der Waals surface area (Å²) < 4.78 is 19.6. The molecule has 0 spiro atoms. The number of ether oxygens (including phenoxy) is 1. The number of benzene rings is 1. The van der Waals surface area contributed by atoms with Gasteiger partial charge < -0.3 is 10.5 Å². The molecule has 0 heterocycles.